The van der Waals surface area contributed by atoms with E-state index in [1.807, 2.05) is 0 Å². The molecule has 5 atom stereocenters. The van der Waals surface area contributed by atoms with Gasteiger partial charge in [-0.3, -0.25) is 15.4 Å². The van der Waals surface area contributed by atoms with Crippen LogP contribution >= 0.6 is 0 Å². The van der Waals surface area contributed by atoms with E-state index in [0.717, 1.165) is 0 Å². The highest BCUT2D eigenvalue weighted by Gasteiger charge is 2.90. The van der Waals surface area contributed by atoms with Crippen LogP contribution in [0.4, 0.5) is 13.2 Å². The standard InChI is InChI=1S/C17H23F3N6O4/c1-13-6-15(13,30-10(28)14(3-2-4-14)17(18,19)20)7-25-11(21)23-8(5-27)9-16(13,25)26(29)12(22)24-9/h8-9,27,29H,2-7H2,1H3,(H2,21,23)(H2,22,24)/t8-,9?,13-,15-,16?/m0/s1. The Balaban J connectivity index is 1.54. The van der Waals surface area contributed by atoms with Gasteiger partial charge in [-0.05, 0) is 12.8 Å². The van der Waals surface area contributed by atoms with Gasteiger partial charge in [0.2, 0.25) is 5.96 Å². The number of hydroxylamine groups is 2. The Morgan fingerprint density at radius 1 is 1.47 bits per heavy atom. The first-order chi connectivity index (χ1) is 13.9. The van der Waals surface area contributed by atoms with Crippen molar-refractivity contribution in [2.24, 2.45) is 21.6 Å². The molecule has 2 saturated heterocycles. The lowest BCUT2D eigenvalue weighted by atomic mass is 9.68. The summed E-state index contributed by atoms with van der Waals surface area (Å²) in [5.41, 5.74) is -0.219. The molecule has 166 valence electrons. The molecule has 3 heterocycles. The quantitative estimate of drug-likeness (QED) is 0.382. The molecule has 6 N–H and O–H groups in total. The SMILES string of the molecule is C[C@]12C[C@]1(OC(=O)C1(C(F)(F)F)CCC1)CN1C(N)=N[C@@H](CO)C3NC(=N)N(O)C312. The molecule has 4 fully saturated rings. The average molecular weight is 432 g/mol. The summed E-state index contributed by atoms with van der Waals surface area (Å²) in [6, 6.07) is -1.57. The van der Waals surface area contributed by atoms with Crippen molar-refractivity contribution in [1.82, 2.24) is 15.3 Å². The van der Waals surface area contributed by atoms with Crippen molar-refractivity contribution >= 4 is 17.9 Å². The van der Waals surface area contributed by atoms with Crippen molar-refractivity contribution < 1.29 is 33.0 Å². The number of halogens is 3. The Labute approximate surface area is 169 Å². The third-order valence-electron chi connectivity index (χ3n) is 7.99. The molecule has 0 aromatic carbocycles. The van der Waals surface area contributed by atoms with Gasteiger partial charge in [-0.2, -0.15) is 18.2 Å². The number of aliphatic hydroxyl groups is 1. The summed E-state index contributed by atoms with van der Waals surface area (Å²) in [5, 5.41) is 32.1. The molecule has 0 bridgehead atoms. The molecule has 0 radical (unpaired) electrons. The number of hydrogen-bond acceptors (Lipinski definition) is 8. The van der Waals surface area contributed by atoms with Crippen LogP contribution in [-0.2, 0) is 9.53 Å². The maximum atomic E-state index is 13.6. The number of carbonyl (C=O) groups is 1. The second-order valence-electron chi connectivity index (χ2n) is 9.16. The van der Waals surface area contributed by atoms with E-state index >= 15 is 0 Å². The molecule has 5 rings (SSSR count). The summed E-state index contributed by atoms with van der Waals surface area (Å²) in [6.07, 6.45) is -4.86. The zero-order valence-electron chi connectivity index (χ0n) is 16.2. The van der Waals surface area contributed by atoms with E-state index in [1.165, 1.54) is 4.90 Å². The molecule has 0 aromatic rings. The van der Waals surface area contributed by atoms with Crippen LogP contribution in [0.1, 0.15) is 32.6 Å². The van der Waals surface area contributed by atoms with Gasteiger partial charge in [-0.1, -0.05) is 13.3 Å². The number of hydrogen-bond donors (Lipinski definition) is 5. The van der Waals surface area contributed by atoms with Crippen molar-refractivity contribution in [1.29, 1.82) is 5.41 Å². The first-order valence-corrected chi connectivity index (χ1v) is 9.76. The van der Waals surface area contributed by atoms with E-state index in [-0.39, 0.29) is 37.7 Å². The van der Waals surface area contributed by atoms with Crippen LogP contribution in [0.2, 0.25) is 0 Å². The smallest absolute Gasteiger partial charge is 0.404 e. The van der Waals surface area contributed by atoms with Crippen LogP contribution in [0, 0.1) is 16.2 Å². The van der Waals surface area contributed by atoms with Gasteiger partial charge in [0.1, 0.15) is 11.6 Å². The van der Waals surface area contributed by atoms with Gasteiger partial charge in [-0.25, -0.2) is 4.99 Å². The molecule has 1 spiro atoms. The summed E-state index contributed by atoms with van der Waals surface area (Å²) < 4.78 is 46.5. The topological polar surface area (TPSA) is 148 Å². The number of nitrogens with two attached hydrogens (primary N) is 1. The van der Waals surface area contributed by atoms with Crippen LogP contribution in [0.3, 0.4) is 0 Å². The number of alkyl halides is 3. The average Bonchev–Trinajstić information content (AvgIpc) is 2.98. The molecule has 5 aliphatic rings. The van der Waals surface area contributed by atoms with Gasteiger partial charge >= 0.3 is 12.1 Å². The lowest BCUT2D eigenvalue weighted by Crippen LogP contribution is -2.72. The Kier molecular flexibility index (Phi) is 3.48. The van der Waals surface area contributed by atoms with Gasteiger partial charge in [0.25, 0.3) is 0 Å². The van der Waals surface area contributed by atoms with Crippen LogP contribution in [0.15, 0.2) is 4.99 Å². The molecule has 30 heavy (non-hydrogen) atoms. The third-order valence-corrected chi connectivity index (χ3v) is 7.99. The van der Waals surface area contributed by atoms with Gasteiger partial charge < -0.3 is 25.8 Å². The van der Waals surface area contributed by atoms with E-state index in [4.69, 9.17) is 15.9 Å². The number of nitrogens with zero attached hydrogens (tertiary/aromatic N) is 3. The Hall–Kier alpha value is -2.28. The van der Waals surface area contributed by atoms with E-state index in [9.17, 15) is 28.3 Å². The number of nitrogens with one attached hydrogen (secondary N) is 2. The summed E-state index contributed by atoms with van der Waals surface area (Å²) in [7, 11) is 0. The second-order valence-corrected chi connectivity index (χ2v) is 9.16. The lowest BCUT2D eigenvalue weighted by Gasteiger charge is -2.50. The summed E-state index contributed by atoms with van der Waals surface area (Å²) in [4.78, 5) is 18.5. The van der Waals surface area contributed by atoms with E-state index < -0.39 is 52.9 Å². The highest BCUT2D eigenvalue weighted by atomic mass is 19.4. The van der Waals surface area contributed by atoms with Crippen molar-refractivity contribution in [2.45, 2.75) is 62.1 Å². The van der Waals surface area contributed by atoms with Crippen LogP contribution in [0.5, 0.6) is 0 Å². The maximum absolute atomic E-state index is 13.6. The summed E-state index contributed by atoms with van der Waals surface area (Å²) in [5.74, 6) is -1.70. The predicted molar refractivity (Wildman–Crippen MR) is 94.1 cm³/mol. The molecule has 2 aliphatic carbocycles. The molecule has 2 saturated carbocycles. The molecule has 0 amide bonds. The number of guanidine groups is 2. The molecule has 3 aliphatic heterocycles. The number of rotatable bonds is 3. The molecule has 2 unspecified atom stereocenters. The Bertz CT molecular complexity index is 878. The molecule has 13 heteroatoms. The fraction of sp³-hybridized carbons (Fsp3) is 0.824. The zero-order chi connectivity index (χ0) is 21.9. The minimum atomic E-state index is -4.71. The minimum Gasteiger partial charge on any atom is -0.456 e. The Morgan fingerprint density at radius 2 is 2.13 bits per heavy atom. The first kappa shape index (κ1) is 19.7. The van der Waals surface area contributed by atoms with Crippen LogP contribution < -0.4 is 11.1 Å². The van der Waals surface area contributed by atoms with Gasteiger partial charge in [0.15, 0.2) is 17.0 Å². The second kappa shape index (κ2) is 5.31. The number of esters is 1. The van der Waals surface area contributed by atoms with E-state index in [2.05, 4.69) is 10.3 Å². The number of aliphatic hydroxyl groups excluding tert-OH is 1. The molecular formula is C17H23F3N6O4. The lowest BCUT2D eigenvalue weighted by molar-refractivity contribution is -0.258. The van der Waals surface area contributed by atoms with Gasteiger partial charge in [0.05, 0.1) is 24.6 Å². The highest BCUT2D eigenvalue weighted by Crippen LogP contribution is 2.74. The number of carbonyl (C=O) groups excluding carboxylic acids is 1. The maximum Gasteiger partial charge on any atom is 0.404 e. The predicted octanol–water partition coefficient (Wildman–Crippen LogP) is -0.290. The normalized spacial score (nSPS) is 43.1. The molecular weight excluding hydrogens is 409 g/mol. The highest BCUT2D eigenvalue weighted by molar-refractivity contribution is 5.88. The largest absolute Gasteiger partial charge is 0.456 e. The van der Waals surface area contributed by atoms with Crippen LogP contribution in [-0.4, -0.2) is 80.8 Å². The fourth-order valence-corrected chi connectivity index (χ4v) is 6.04. The van der Waals surface area contributed by atoms with Crippen molar-refractivity contribution in [2.75, 3.05) is 13.2 Å². The zero-order valence-corrected chi connectivity index (χ0v) is 16.2. The van der Waals surface area contributed by atoms with Crippen molar-refractivity contribution in [3.05, 3.63) is 0 Å². The molecule has 0 aromatic heterocycles. The third kappa shape index (κ3) is 1.83. The fourth-order valence-electron chi connectivity index (χ4n) is 6.04. The minimum absolute atomic E-state index is 0.0427. The van der Waals surface area contributed by atoms with Gasteiger partial charge in [-0.15, -0.1) is 0 Å². The summed E-state index contributed by atoms with van der Waals surface area (Å²) in [6.45, 7) is 1.19. The number of ether oxygens (including phenoxy) is 1. The van der Waals surface area contributed by atoms with E-state index in [1.54, 1.807) is 6.92 Å². The van der Waals surface area contributed by atoms with Crippen molar-refractivity contribution in [3.8, 4) is 0 Å². The van der Waals surface area contributed by atoms with Gasteiger partial charge in [0, 0.05) is 6.42 Å². The number of piperidine rings is 1. The van der Waals surface area contributed by atoms with Crippen molar-refractivity contribution in [3.63, 3.8) is 0 Å². The molecule has 10 nitrogen and oxygen atoms in total. The van der Waals surface area contributed by atoms with Crippen LogP contribution in [0.25, 0.3) is 0 Å². The number of fused-ring (bicyclic) bond motifs is 1. The number of aliphatic imine (C=N–C) groups is 1. The summed E-state index contributed by atoms with van der Waals surface area (Å²) >= 11 is 0. The van der Waals surface area contributed by atoms with E-state index in [0.29, 0.717) is 11.5 Å². The Morgan fingerprint density at radius 3 is 2.67 bits per heavy atom. The first-order valence-electron chi connectivity index (χ1n) is 9.76. The monoisotopic (exact) mass is 432 g/mol.